The molecule has 1 N–H and O–H groups in total. The van der Waals surface area contributed by atoms with Crippen molar-refractivity contribution in [2.24, 2.45) is 0 Å². The standard InChI is InChI=1S/C19H19IN6O2S/c20-15-4-6-17(7-5-15)29(27,28)24-16-13-22-19(23-14-16)26-11-9-25(10-12-26)18-3-1-2-8-21-18/h1-8,13-14,24H,9-12H2. The Bertz CT molecular complexity index is 1050. The number of hydrogen-bond acceptors (Lipinski definition) is 7. The van der Waals surface area contributed by atoms with Crippen LogP contribution in [0.2, 0.25) is 0 Å². The van der Waals surface area contributed by atoms with Gasteiger partial charge in [-0.2, -0.15) is 0 Å². The van der Waals surface area contributed by atoms with Crippen LogP contribution in [0.15, 0.2) is 66.0 Å². The van der Waals surface area contributed by atoms with Crippen LogP contribution in [0.3, 0.4) is 0 Å². The number of piperazine rings is 1. The third-order valence-corrected chi connectivity index (χ3v) is 6.67. The number of nitrogens with zero attached hydrogens (tertiary/aromatic N) is 5. The third-order valence-electron chi connectivity index (χ3n) is 4.55. The molecule has 1 aromatic carbocycles. The average Bonchev–Trinajstić information content (AvgIpc) is 2.75. The Morgan fingerprint density at radius 1 is 0.862 bits per heavy atom. The zero-order chi connectivity index (χ0) is 20.3. The number of anilines is 3. The Kier molecular flexibility index (Phi) is 5.81. The highest BCUT2D eigenvalue weighted by atomic mass is 127. The Labute approximate surface area is 183 Å². The Morgan fingerprint density at radius 3 is 2.14 bits per heavy atom. The lowest BCUT2D eigenvalue weighted by Gasteiger charge is -2.35. The highest BCUT2D eigenvalue weighted by Gasteiger charge is 2.20. The Hall–Kier alpha value is -2.47. The maximum atomic E-state index is 12.5. The lowest BCUT2D eigenvalue weighted by molar-refractivity contribution is 0.601. The molecule has 2 aromatic heterocycles. The van der Waals surface area contributed by atoms with Gasteiger partial charge in [0, 0.05) is 35.9 Å². The summed E-state index contributed by atoms with van der Waals surface area (Å²) in [4.78, 5) is 17.6. The van der Waals surface area contributed by atoms with Gasteiger partial charge in [0.1, 0.15) is 5.82 Å². The lowest BCUT2D eigenvalue weighted by atomic mass is 10.3. The Morgan fingerprint density at radius 2 is 1.52 bits per heavy atom. The van der Waals surface area contributed by atoms with Crippen LogP contribution in [-0.2, 0) is 10.0 Å². The van der Waals surface area contributed by atoms with E-state index in [0.717, 1.165) is 35.6 Å². The van der Waals surface area contributed by atoms with Crippen molar-refractivity contribution < 1.29 is 8.42 Å². The largest absolute Gasteiger partial charge is 0.353 e. The molecule has 1 fully saturated rings. The van der Waals surface area contributed by atoms with E-state index in [0.29, 0.717) is 11.6 Å². The number of hydrogen-bond donors (Lipinski definition) is 1. The van der Waals surface area contributed by atoms with E-state index >= 15 is 0 Å². The summed E-state index contributed by atoms with van der Waals surface area (Å²) in [6, 6.07) is 12.5. The second-order valence-electron chi connectivity index (χ2n) is 6.49. The second-order valence-corrected chi connectivity index (χ2v) is 9.42. The first-order valence-corrected chi connectivity index (χ1v) is 11.6. The number of nitrogens with one attached hydrogen (secondary N) is 1. The Balaban J connectivity index is 1.39. The maximum Gasteiger partial charge on any atom is 0.261 e. The zero-order valence-corrected chi connectivity index (χ0v) is 18.4. The first kappa shape index (κ1) is 19.8. The molecule has 4 rings (SSSR count). The minimum atomic E-state index is -3.67. The zero-order valence-electron chi connectivity index (χ0n) is 15.4. The summed E-state index contributed by atoms with van der Waals surface area (Å²) in [7, 11) is -3.67. The van der Waals surface area contributed by atoms with Crippen molar-refractivity contribution >= 4 is 50.1 Å². The predicted molar refractivity (Wildman–Crippen MR) is 121 cm³/mol. The van der Waals surface area contributed by atoms with Crippen molar-refractivity contribution in [3.8, 4) is 0 Å². The number of pyridine rings is 1. The van der Waals surface area contributed by atoms with E-state index in [9.17, 15) is 8.42 Å². The summed E-state index contributed by atoms with van der Waals surface area (Å²) >= 11 is 2.13. The van der Waals surface area contributed by atoms with Gasteiger partial charge in [0.25, 0.3) is 10.0 Å². The van der Waals surface area contributed by atoms with Crippen LogP contribution >= 0.6 is 22.6 Å². The van der Waals surface area contributed by atoms with Crippen LogP contribution in [0.25, 0.3) is 0 Å². The van der Waals surface area contributed by atoms with E-state index < -0.39 is 10.0 Å². The van der Waals surface area contributed by atoms with E-state index in [4.69, 9.17) is 0 Å². The minimum Gasteiger partial charge on any atom is -0.353 e. The summed E-state index contributed by atoms with van der Waals surface area (Å²) in [6.07, 6.45) is 4.79. The van der Waals surface area contributed by atoms with Gasteiger partial charge in [0.05, 0.1) is 23.0 Å². The normalized spacial score (nSPS) is 14.7. The summed E-state index contributed by atoms with van der Waals surface area (Å²) in [5.41, 5.74) is 0.333. The molecule has 0 bridgehead atoms. The van der Waals surface area contributed by atoms with Gasteiger partial charge in [-0.05, 0) is 59.0 Å². The molecule has 0 spiro atoms. The molecule has 0 unspecified atom stereocenters. The van der Waals surface area contributed by atoms with Crippen LogP contribution in [0.5, 0.6) is 0 Å². The van der Waals surface area contributed by atoms with E-state index in [1.807, 2.05) is 18.2 Å². The monoisotopic (exact) mass is 522 g/mol. The molecule has 8 nitrogen and oxygen atoms in total. The number of aromatic nitrogens is 3. The summed E-state index contributed by atoms with van der Waals surface area (Å²) < 4.78 is 28.5. The van der Waals surface area contributed by atoms with E-state index in [-0.39, 0.29) is 4.90 Å². The minimum absolute atomic E-state index is 0.202. The predicted octanol–water partition coefficient (Wildman–Crippen LogP) is 2.60. The number of rotatable bonds is 5. The molecule has 0 atom stereocenters. The van der Waals surface area contributed by atoms with Crippen LogP contribution in [0, 0.1) is 3.57 Å². The fourth-order valence-corrected chi connectivity index (χ4v) is 4.43. The van der Waals surface area contributed by atoms with Crippen molar-refractivity contribution in [2.75, 3.05) is 40.7 Å². The third kappa shape index (κ3) is 4.75. The molecule has 0 saturated carbocycles. The molecule has 150 valence electrons. The van der Waals surface area contributed by atoms with E-state index in [2.05, 4.69) is 52.1 Å². The van der Waals surface area contributed by atoms with Gasteiger partial charge in [0.15, 0.2) is 0 Å². The topological polar surface area (TPSA) is 91.3 Å². The summed E-state index contributed by atoms with van der Waals surface area (Å²) in [6.45, 7) is 3.18. The number of benzene rings is 1. The smallest absolute Gasteiger partial charge is 0.261 e. The average molecular weight is 522 g/mol. The van der Waals surface area contributed by atoms with Crippen molar-refractivity contribution in [3.05, 3.63) is 64.6 Å². The molecule has 1 saturated heterocycles. The lowest BCUT2D eigenvalue weighted by Crippen LogP contribution is -2.47. The molecule has 29 heavy (non-hydrogen) atoms. The van der Waals surface area contributed by atoms with Gasteiger partial charge >= 0.3 is 0 Å². The molecule has 0 aliphatic carbocycles. The van der Waals surface area contributed by atoms with Crippen LogP contribution in [0.4, 0.5) is 17.5 Å². The highest BCUT2D eigenvalue weighted by Crippen LogP contribution is 2.19. The fraction of sp³-hybridized carbons (Fsp3) is 0.211. The first-order chi connectivity index (χ1) is 14.0. The van der Waals surface area contributed by atoms with Crippen LogP contribution in [-0.4, -0.2) is 49.5 Å². The van der Waals surface area contributed by atoms with Gasteiger partial charge in [-0.15, -0.1) is 0 Å². The molecule has 1 aliphatic rings. The van der Waals surface area contributed by atoms with Gasteiger partial charge in [0.2, 0.25) is 5.95 Å². The fourth-order valence-electron chi connectivity index (χ4n) is 3.04. The van der Waals surface area contributed by atoms with Crippen LogP contribution < -0.4 is 14.5 Å². The van der Waals surface area contributed by atoms with Gasteiger partial charge < -0.3 is 9.80 Å². The van der Waals surface area contributed by atoms with Crippen molar-refractivity contribution in [1.82, 2.24) is 15.0 Å². The first-order valence-electron chi connectivity index (χ1n) is 9.03. The van der Waals surface area contributed by atoms with Gasteiger partial charge in [-0.1, -0.05) is 6.07 Å². The van der Waals surface area contributed by atoms with Gasteiger partial charge in [-0.25, -0.2) is 23.4 Å². The number of sulfonamides is 1. The van der Waals surface area contributed by atoms with Crippen molar-refractivity contribution in [3.63, 3.8) is 0 Å². The van der Waals surface area contributed by atoms with E-state index in [1.54, 1.807) is 30.5 Å². The molecule has 3 aromatic rings. The molecule has 10 heteroatoms. The van der Waals surface area contributed by atoms with Crippen molar-refractivity contribution in [2.45, 2.75) is 4.90 Å². The molecular weight excluding hydrogens is 503 g/mol. The molecule has 0 radical (unpaired) electrons. The van der Waals surface area contributed by atoms with Crippen molar-refractivity contribution in [1.29, 1.82) is 0 Å². The van der Waals surface area contributed by atoms with Gasteiger partial charge in [-0.3, -0.25) is 4.72 Å². The highest BCUT2D eigenvalue weighted by molar-refractivity contribution is 14.1. The SMILES string of the molecule is O=S(=O)(Nc1cnc(N2CCN(c3ccccn3)CC2)nc1)c1ccc(I)cc1. The maximum absolute atomic E-state index is 12.5. The quantitative estimate of drug-likeness (QED) is 0.516. The molecule has 0 amide bonds. The molecule has 1 aliphatic heterocycles. The molecule has 3 heterocycles. The molecular formula is C19H19IN6O2S. The van der Waals surface area contributed by atoms with Crippen LogP contribution in [0.1, 0.15) is 0 Å². The summed E-state index contributed by atoms with van der Waals surface area (Å²) in [5.74, 6) is 1.55. The van der Waals surface area contributed by atoms with E-state index in [1.165, 1.54) is 12.4 Å². The summed E-state index contributed by atoms with van der Waals surface area (Å²) in [5, 5.41) is 0. The second kappa shape index (κ2) is 8.49. The number of halogens is 1.